The minimum absolute atomic E-state index is 0.287. The second-order valence-electron chi connectivity index (χ2n) is 3.93. The van der Waals surface area contributed by atoms with Crippen LogP contribution in [0.2, 0.25) is 0 Å². The molecule has 1 atom stereocenters. The number of nitriles is 1. The Morgan fingerprint density at radius 3 is 3.06 bits per heavy atom. The lowest BCUT2D eigenvalue weighted by Gasteiger charge is -2.13. The zero-order chi connectivity index (χ0) is 11.4. The number of nitrogen functional groups attached to an aromatic ring is 1. The van der Waals surface area contributed by atoms with Crippen molar-refractivity contribution < 1.29 is 4.74 Å². The molecule has 1 saturated heterocycles. The minimum atomic E-state index is 0.287. The van der Waals surface area contributed by atoms with Crippen LogP contribution in [0.3, 0.4) is 0 Å². The molecule has 4 heteroatoms. The predicted molar refractivity (Wildman–Crippen MR) is 63.0 cm³/mol. The lowest BCUT2D eigenvalue weighted by molar-refractivity contribution is 0.120. The summed E-state index contributed by atoms with van der Waals surface area (Å²) >= 11 is 0. The van der Waals surface area contributed by atoms with E-state index in [1.54, 1.807) is 12.1 Å². The SMILES string of the molecule is N#Cc1ccc(NCC2CCCO2)c(N)c1. The van der Waals surface area contributed by atoms with Gasteiger partial charge in [-0.25, -0.2) is 0 Å². The van der Waals surface area contributed by atoms with Crippen LogP contribution in [0.25, 0.3) is 0 Å². The number of nitrogens with one attached hydrogen (secondary N) is 1. The van der Waals surface area contributed by atoms with E-state index in [1.807, 2.05) is 6.07 Å². The molecule has 84 valence electrons. The number of anilines is 2. The van der Waals surface area contributed by atoms with Crippen molar-refractivity contribution in [2.75, 3.05) is 24.2 Å². The Kier molecular flexibility index (Phi) is 3.28. The molecule has 4 nitrogen and oxygen atoms in total. The van der Waals surface area contributed by atoms with Gasteiger partial charge >= 0.3 is 0 Å². The molecule has 0 aliphatic carbocycles. The van der Waals surface area contributed by atoms with Crippen molar-refractivity contribution in [3.05, 3.63) is 23.8 Å². The van der Waals surface area contributed by atoms with Crippen molar-refractivity contribution in [2.24, 2.45) is 0 Å². The molecular formula is C12H15N3O. The van der Waals surface area contributed by atoms with Crippen molar-refractivity contribution in [1.82, 2.24) is 0 Å². The maximum Gasteiger partial charge on any atom is 0.0992 e. The third-order valence-electron chi connectivity index (χ3n) is 2.72. The topological polar surface area (TPSA) is 71.1 Å². The molecule has 0 spiro atoms. The fourth-order valence-corrected chi connectivity index (χ4v) is 1.82. The summed E-state index contributed by atoms with van der Waals surface area (Å²) in [6, 6.07) is 7.33. The van der Waals surface area contributed by atoms with Crippen LogP contribution in [0.1, 0.15) is 18.4 Å². The molecule has 2 rings (SSSR count). The smallest absolute Gasteiger partial charge is 0.0992 e. The van der Waals surface area contributed by atoms with E-state index < -0.39 is 0 Å². The van der Waals surface area contributed by atoms with Crippen LogP contribution in [-0.2, 0) is 4.74 Å². The highest BCUT2D eigenvalue weighted by Crippen LogP contribution is 2.20. The summed E-state index contributed by atoms with van der Waals surface area (Å²) in [7, 11) is 0. The quantitative estimate of drug-likeness (QED) is 0.756. The average Bonchev–Trinajstić information content (AvgIpc) is 2.80. The molecule has 1 aromatic carbocycles. The summed E-state index contributed by atoms with van der Waals surface area (Å²) in [4.78, 5) is 0. The highest BCUT2D eigenvalue weighted by Gasteiger charge is 2.15. The highest BCUT2D eigenvalue weighted by molar-refractivity contribution is 5.68. The first-order chi connectivity index (χ1) is 7.79. The normalized spacial score (nSPS) is 19.3. The standard InChI is InChI=1S/C12H15N3O/c13-7-9-3-4-12(11(14)6-9)15-8-10-2-1-5-16-10/h3-4,6,10,15H,1-2,5,8,14H2. The van der Waals surface area contributed by atoms with E-state index in [0.717, 1.165) is 31.7 Å². The van der Waals surface area contributed by atoms with Gasteiger partial charge in [-0.15, -0.1) is 0 Å². The number of ether oxygens (including phenoxy) is 1. The number of hydrogen-bond donors (Lipinski definition) is 2. The maximum absolute atomic E-state index is 8.71. The van der Waals surface area contributed by atoms with E-state index >= 15 is 0 Å². The molecule has 1 unspecified atom stereocenters. The van der Waals surface area contributed by atoms with Crippen LogP contribution in [0, 0.1) is 11.3 Å². The Hall–Kier alpha value is -1.73. The fraction of sp³-hybridized carbons (Fsp3) is 0.417. The molecule has 1 fully saturated rings. The molecule has 1 aliphatic rings. The van der Waals surface area contributed by atoms with Gasteiger partial charge in [0.25, 0.3) is 0 Å². The van der Waals surface area contributed by atoms with E-state index in [-0.39, 0.29) is 6.10 Å². The van der Waals surface area contributed by atoms with Gasteiger partial charge in [-0.2, -0.15) is 5.26 Å². The second-order valence-corrected chi connectivity index (χ2v) is 3.93. The Morgan fingerprint density at radius 1 is 1.56 bits per heavy atom. The lowest BCUT2D eigenvalue weighted by atomic mass is 10.2. The molecule has 0 saturated carbocycles. The van der Waals surface area contributed by atoms with Gasteiger partial charge in [0.05, 0.1) is 29.1 Å². The largest absolute Gasteiger partial charge is 0.397 e. The minimum Gasteiger partial charge on any atom is -0.397 e. The Morgan fingerprint density at radius 2 is 2.44 bits per heavy atom. The number of hydrogen-bond acceptors (Lipinski definition) is 4. The summed E-state index contributed by atoms with van der Waals surface area (Å²) in [6.07, 6.45) is 2.52. The molecule has 3 N–H and O–H groups in total. The van der Waals surface area contributed by atoms with Crippen LogP contribution in [0.4, 0.5) is 11.4 Å². The maximum atomic E-state index is 8.71. The Labute approximate surface area is 95.0 Å². The highest BCUT2D eigenvalue weighted by atomic mass is 16.5. The fourth-order valence-electron chi connectivity index (χ4n) is 1.82. The number of benzene rings is 1. The van der Waals surface area contributed by atoms with Gasteiger partial charge in [-0.3, -0.25) is 0 Å². The van der Waals surface area contributed by atoms with E-state index in [0.29, 0.717) is 11.3 Å². The average molecular weight is 217 g/mol. The first-order valence-corrected chi connectivity index (χ1v) is 5.44. The number of nitrogens with two attached hydrogens (primary N) is 1. The van der Waals surface area contributed by atoms with Gasteiger partial charge in [0.1, 0.15) is 0 Å². The zero-order valence-electron chi connectivity index (χ0n) is 9.07. The van der Waals surface area contributed by atoms with E-state index in [4.69, 9.17) is 15.7 Å². The molecule has 0 aromatic heterocycles. The molecule has 0 radical (unpaired) electrons. The molecule has 1 heterocycles. The summed E-state index contributed by atoms with van der Waals surface area (Å²) in [5.74, 6) is 0. The van der Waals surface area contributed by atoms with Crippen LogP contribution in [0.15, 0.2) is 18.2 Å². The van der Waals surface area contributed by atoms with Gasteiger partial charge in [0.2, 0.25) is 0 Å². The monoisotopic (exact) mass is 217 g/mol. The zero-order valence-corrected chi connectivity index (χ0v) is 9.07. The summed E-state index contributed by atoms with van der Waals surface area (Å²) in [5.41, 5.74) is 7.89. The molecule has 0 amide bonds. The van der Waals surface area contributed by atoms with Crippen molar-refractivity contribution >= 4 is 11.4 Å². The Balaban J connectivity index is 1.96. The molecule has 0 bridgehead atoms. The van der Waals surface area contributed by atoms with Crippen LogP contribution in [-0.4, -0.2) is 19.3 Å². The van der Waals surface area contributed by atoms with Crippen LogP contribution in [0.5, 0.6) is 0 Å². The lowest BCUT2D eigenvalue weighted by Crippen LogP contribution is -2.18. The summed E-state index contributed by atoms with van der Waals surface area (Å²) in [5, 5.41) is 12.0. The number of nitrogens with zero attached hydrogens (tertiary/aromatic N) is 1. The van der Waals surface area contributed by atoms with Gasteiger partial charge in [-0.05, 0) is 31.0 Å². The number of rotatable bonds is 3. The van der Waals surface area contributed by atoms with Crippen LogP contribution >= 0.6 is 0 Å². The van der Waals surface area contributed by atoms with Crippen LogP contribution < -0.4 is 11.1 Å². The summed E-state index contributed by atoms with van der Waals surface area (Å²) < 4.78 is 5.50. The van der Waals surface area contributed by atoms with Crippen molar-refractivity contribution in [3.8, 4) is 6.07 Å². The van der Waals surface area contributed by atoms with E-state index in [9.17, 15) is 0 Å². The summed E-state index contributed by atoms with van der Waals surface area (Å²) in [6.45, 7) is 1.63. The molecule has 1 aliphatic heterocycles. The Bertz CT molecular complexity index is 405. The van der Waals surface area contributed by atoms with Gasteiger partial charge in [0.15, 0.2) is 0 Å². The van der Waals surface area contributed by atoms with Gasteiger partial charge in [0, 0.05) is 13.2 Å². The van der Waals surface area contributed by atoms with E-state index in [1.165, 1.54) is 0 Å². The van der Waals surface area contributed by atoms with Gasteiger partial charge in [-0.1, -0.05) is 0 Å². The van der Waals surface area contributed by atoms with Gasteiger partial charge < -0.3 is 15.8 Å². The first kappa shape index (κ1) is 10.8. The third-order valence-corrected chi connectivity index (χ3v) is 2.72. The third kappa shape index (κ3) is 2.44. The van der Waals surface area contributed by atoms with Crippen molar-refractivity contribution in [1.29, 1.82) is 5.26 Å². The molecular weight excluding hydrogens is 202 g/mol. The van der Waals surface area contributed by atoms with Crippen molar-refractivity contribution in [2.45, 2.75) is 18.9 Å². The predicted octanol–water partition coefficient (Wildman–Crippen LogP) is 1.73. The second kappa shape index (κ2) is 4.86. The van der Waals surface area contributed by atoms with E-state index in [2.05, 4.69) is 11.4 Å². The molecule has 1 aromatic rings. The molecule has 16 heavy (non-hydrogen) atoms. The van der Waals surface area contributed by atoms with Crippen molar-refractivity contribution in [3.63, 3.8) is 0 Å². The first-order valence-electron chi connectivity index (χ1n) is 5.44.